The molecule has 2 aliphatic heterocycles. The Morgan fingerprint density at radius 2 is 1.53 bits per heavy atom. The molecule has 0 atom stereocenters. The summed E-state index contributed by atoms with van der Waals surface area (Å²) in [6, 6.07) is 19.3. The fraction of sp³-hybridized carbons (Fsp3) is 0.192. The maximum atomic E-state index is 13.3. The number of pyridine rings is 1. The second-order valence-electron chi connectivity index (χ2n) is 8.60. The van der Waals surface area contributed by atoms with E-state index in [-0.39, 0.29) is 23.6 Å². The highest BCUT2D eigenvalue weighted by atomic mass is 16.2. The highest BCUT2D eigenvalue weighted by molar-refractivity contribution is 6.34. The molecule has 0 N–H and O–H groups in total. The number of carbonyl (C=O) groups is 3. The Morgan fingerprint density at radius 3 is 2.26 bits per heavy atom. The average Bonchev–Trinajstić information content (AvgIpc) is 3.43. The minimum absolute atomic E-state index is 0.108. The van der Waals surface area contributed by atoms with E-state index in [4.69, 9.17) is 0 Å². The molecule has 168 valence electrons. The topological polar surface area (TPSA) is 87.9 Å². The van der Waals surface area contributed by atoms with Gasteiger partial charge in [-0.1, -0.05) is 24.3 Å². The summed E-state index contributed by atoms with van der Waals surface area (Å²) in [6.45, 7) is 1.20. The van der Waals surface area contributed by atoms with Crippen LogP contribution in [0.25, 0.3) is 5.65 Å². The first kappa shape index (κ1) is 20.3. The third-order valence-electron chi connectivity index (χ3n) is 6.63. The van der Waals surface area contributed by atoms with Gasteiger partial charge in [0.2, 0.25) is 0 Å². The van der Waals surface area contributed by atoms with Gasteiger partial charge in [-0.2, -0.15) is 0 Å². The van der Waals surface area contributed by atoms with E-state index in [9.17, 15) is 14.4 Å². The van der Waals surface area contributed by atoms with Crippen molar-refractivity contribution >= 4 is 29.1 Å². The van der Waals surface area contributed by atoms with Gasteiger partial charge in [0.25, 0.3) is 17.7 Å². The molecule has 2 aromatic heterocycles. The molecule has 2 aromatic carbocycles. The molecule has 0 aliphatic carbocycles. The van der Waals surface area contributed by atoms with E-state index in [1.807, 2.05) is 33.7 Å². The number of rotatable bonds is 3. The molecule has 0 saturated carbocycles. The van der Waals surface area contributed by atoms with Gasteiger partial charge >= 0.3 is 0 Å². The zero-order valence-corrected chi connectivity index (χ0v) is 18.3. The Bertz CT molecular complexity index is 1420. The molecule has 8 heteroatoms. The summed E-state index contributed by atoms with van der Waals surface area (Å²) < 4.78 is 2.01. The number of nitrogens with zero attached hydrogens (tertiary/aromatic N) is 5. The van der Waals surface area contributed by atoms with Crippen LogP contribution < -0.4 is 4.90 Å². The molecule has 3 amide bonds. The van der Waals surface area contributed by atoms with Crippen LogP contribution >= 0.6 is 0 Å². The van der Waals surface area contributed by atoms with E-state index in [1.165, 1.54) is 0 Å². The molecule has 1 saturated heterocycles. The Hall–Kier alpha value is -4.33. The summed E-state index contributed by atoms with van der Waals surface area (Å²) in [7, 11) is 0. The number of benzene rings is 2. The van der Waals surface area contributed by atoms with Crippen molar-refractivity contribution in [1.82, 2.24) is 19.5 Å². The molecular formula is C26H21N5O3. The molecule has 34 heavy (non-hydrogen) atoms. The number of anilines is 1. The summed E-state index contributed by atoms with van der Waals surface area (Å²) in [5, 5.41) is 8.62. The quantitative estimate of drug-likeness (QED) is 0.445. The number of aromatic nitrogens is 3. The van der Waals surface area contributed by atoms with Crippen LogP contribution in [0.4, 0.5) is 5.69 Å². The predicted molar refractivity (Wildman–Crippen MR) is 125 cm³/mol. The molecule has 1 fully saturated rings. The van der Waals surface area contributed by atoms with Gasteiger partial charge in [0.05, 0.1) is 16.8 Å². The largest absolute Gasteiger partial charge is 0.339 e. The molecule has 2 aliphatic rings. The third kappa shape index (κ3) is 3.18. The molecular weight excluding hydrogens is 430 g/mol. The van der Waals surface area contributed by atoms with Crippen LogP contribution in [0.15, 0.2) is 72.9 Å². The van der Waals surface area contributed by atoms with Crippen molar-refractivity contribution in [1.29, 1.82) is 0 Å². The van der Waals surface area contributed by atoms with Gasteiger partial charge in [-0.25, -0.2) is 4.90 Å². The number of piperidine rings is 1. The highest BCUT2D eigenvalue weighted by Gasteiger charge is 2.36. The molecule has 4 heterocycles. The van der Waals surface area contributed by atoms with Gasteiger partial charge in [-0.3, -0.25) is 18.8 Å². The van der Waals surface area contributed by atoms with E-state index in [0.717, 1.165) is 29.2 Å². The normalized spacial score (nSPS) is 16.4. The smallest absolute Gasteiger partial charge is 0.266 e. The van der Waals surface area contributed by atoms with Crippen molar-refractivity contribution in [3.05, 3.63) is 95.4 Å². The van der Waals surface area contributed by atoms with Crippen LogP contribution in [0.5, 0.6) is 0 Å². The highest BCUT2D eigenvalue weighted by Crippen LogP contribution is 2.31. The van der Waals surface area contributed by atoms with Crippen molar-refractivity contribution in [3.8, 4) is 0 Å². The molecule has 8 nitrogen and oxygen atoms in total. The summed E-state index contributed by atoms with van der Waals surface area (Å²) in [5.41, 5.74) is 2.45. The van der Waals surface area contributed by atoms with Crippen LogP contribution in [-0.4, -0.2) is 50.3 Å². The monoisotopic (exact) mass is 451 g/mol. The lowest BCUT2D eigenvalue weighted by Crippen LogP contribution is -2.38. The van der Waals surface area contributed by atoms with Crippen LogP contribution in [-0.2, 0) is 0 Å². The van der Waals surface area contributed by atoms with Gasteiger partial charge in [0.15, 0.2) is 5.65 Å². The number of imide groups is 1. The number of amides is 3. The summed E-state index contributed by atoms with van der Waals surface area (Å²) >= 11 is 0. The molecule has 0 bridgehead atoms. The van der Waals surface area contributed by atoms with Gasteiger partial charge in [-0.05, 0) is 55.3 Å². The fourth-order valence-electron chi connectivity index (χ4n) is 4.86. The number of hydrogen-bond donors (Lipinski definition) is 0. The van der Waals surface area contributed by atoms with Crippen molar-refractivity contribution in [2.75, 3.05) is 18.0 Å². The van der Waals surface area contributed by atoms with Crippen LogP contribution in [0.2, 0.25) is 0 Å². The van der Waals surface area contributed by atoms with Crippen molar-refractivity contribution in [2.45, 2.75) is 18.8 Å². The Morgan fingerprint density at radius 1 is 0.824 bits per heavy atom. The summed E-state index contributed by atoms with van der Waals surface area (Å²) in [5.74, 6) is 0.308. The lowest BCUT2D eigenvalue weighted by Gasteiger charge is -2.31. The maximum Gasteiger partial charge on any atom is 0.266 e. The first-order chi connectivity index (χ1) is 16.6. The Kier molecular flexibility index (Phi) is 4.72. The zero-order valence-electron chi connectivity index (χ0n) is 18.3. The molecule has 0 radical (unpaired) electrons. The van der Waals surface area contributed by atoms with Crippen molar-refractivity contribution in [2.24, 2.45) is 0 Å². The second kappa shape index (κ2) is 7.91. The average molecular weight is 451 g/mol. The number of likely N-dealkylation sites (tertiary alicyclic amines) is 1. The van der Waals surface area contributed by atoms with Crippen molar-refractivity contribution in [3.63, 3.8) is 0 Å². The summed E-state index contributed by atoms with van der Waals surface area (Å²) in [4.78, 5) is 41.9. The van der Waals surface area contributed by atoms with E-state index < -0.39 is 0 Å². The number of carbonyl (C=O) groups excluding carboxylic acids is 3. The van der Waals surface area contributed by atoms with Gasteiger partial charge < -0.3 is 4.90 Å². The van der Waals surface area contributed by atoms with E-state index in [1.54, 1.807) is 48.5 Å². The Balaban J connectivity index is 1.19. The minimum Gasteiger partial charge on any atom is -0.339 e. The third-order valence-corrected chi connectivity index (χ3v) is 6.63. The Labute approximate surface area is 195 Å². The van der Waals surface area contributed by atoms with E-state index in [0.29, 0.717) is 35.5 Å². The van der Waals surface area contributed by atoms with Crippen LogP contribution in [0, 0.1) is 0 Å². The van der Waals surface area contributed by atoms with Gasteiger partial charge in [-0.15, -0.1) is 10.2 Å². The number of fused-ring (bicyclic) bond motifs is 2. The first-order valence-corrected chi connectivity index (χ1v) is 11.3. The summed E-state index contributed by atoms with van der Waals surface area (Å²) in [6.07, 6.45) is 3.55. The first-order valence-electron chi connectivity index (χ1n) is 11.3. The van der Waals surface area contributed by atoms with E-state index in [2.05, 4.69) is 10.2 Å². The lowest BCUT2D eigenvalue weighted by atomic mass is 9.95. The molecule has 0 unspecified atom stereocenters. The minimum atomic E-state index is -0.369. The zero-order chi connectivity index (χ0) is 23.2. The molecule has 0 spiro atoms. The fourth-order valence-corrected chi connectivity index (χ4v) is 4.86. The molecule has 4 aromatic rings. The lowest BCUT2D eigenvalue weighted by molar-refractivity contribution is 0.0710. The van der Waals surface area contributed by atoms with Gasteiger partial charge in [0.1, 0.15) is 5.82 Å². The second-order valence-corrected chi connectivity index (χ2v) is 8.60. The van der Waals surface area contributed by atoms with E-state index >= 15 is 0 Å². The van der Waals surface area contributed by atoms with Crippen molar-refractivity contribution < 1.29 is 14.4 Å². The maximum absolute atomic E-state index is 13.3. The van der Waals surface area contributed by atoms with Gasteiger partial charge in [0, 0.05) is 30.8 Å². The predicted octanol–water partition coefficient (Wildman–Crippen LogP) is 3.55. The SMILES string of the molecule is O=C(c1cccc(N2C(=O)c3ccccc3C2=O)c1)N1CCC(c2nnc3ccccn23)CC1. The number of hydrogen-bond acceptors (Lipinski definition) is 5. The standard InChI is InChI=1S/C26H21N5O3/c32-24(29-14-11-17(12-15-29)23-28-27-22-10-3-4-13-30(22)23)18-6-5-7-19(16-18)31-25(33)20-8-1-2-9-21(20)26(31)34/h1-10,13,16-17H,11-12,14-15H2. The van der Waals surface area contributed by atoms with Crippen LogP contribution in [0.1, 0.15) is 55.7 Å². The molecule has 6 rings (SSSR count). The van der Waals surface area contributed by atoms with Crippen LogP contribution in [0.3, 0.4) is 0 Å².